The molecule has 30 heavy (non-hydrogen) atoms. The molecule has 0 fully saturated rings. The monoisotopic (exact) mass is 410 g/mol. The van der Waals surface area contributed by atoms with Gasteiger partial charge >= 0.3 is 0 Å². The van der Waals surface area contributed by atoms with E-state index < -0.39 is 12.2 Å². The van der Waals surface area contributed by atoms with Crippen molar-refractivity contribution >= 4 is 0 Å². The topological polar surface area (TPSA) is 131 Å². The van der Waals surface area contributed by atoms with Gasteiger partial charge in [0.25, 0.3) is 0 Å². The lowest BCUT2D eigenvalue weighted by Crippen LogP contribution is -2.38. The Hall–Kier alpha value is -3.14. The van der Waals surface area contributed by atoms with Gasteiger partial charge in [-0.05, 0) is 24.3 Å². The predicted octanol–water partition coefficient (Wildman–Crippen LogP) is 0.789. The molecule has 0 aromatic heterocycles. The molecular weight excluding hydrogens is 384 g/mol. The molecule has 2 atom stereocenters. The molecule has 0 aliphatic carbocycles. The average Bonchev–Trinajstić information content (AvgIpc) is 2.78. The van der Waals surface area contributed by atoms with Crippen molar-refractivity contribution in [3.05, 3.63) is 59.7 Å². The SMILES string of the molecule is N#Cc1ccccc1OCC(O)CNCCNCC(O)COc1ccccc1C#N. The molecule has 0 saturated carbocycles. The van der Waals surface area contributed by atoms with Gasteiger partial charge in [-0.25, -0.2) is 0 Å². The van der Waals surface area contributed by atoms with Gasteiger partial charge in [0.15, 0.2) is 0 Å². The van der Waals surface area contributed by atoms with Gasteiger partial charge in [-0.2, -0.15) is 10.5 Å². The van der Waals surface area contributed by atoms with Crippen LogP contribution in [0, 0.1) is 22.7 Å². The van der Waals surface area contributed by atoms with Crippen molar-refractivity contribution in [2.75, 3.05) is 39.4 Å². The van der Waals surface area contributed by atoms with Crippen molar-refractivity contribution in [1.82, 2.24) is 10.6 Å². The maximum atomic E-state index is 9.97. The Kier molecular flexibility index (Phi) is 10.1. The maximum absolute atomic E-state index is 9.97. The van der Waals surface area contributed by atoms with Gasteiger partial charge in [-0.3, -0.25) is 0 Å². The van der Waals surface area contributed by atoms with Crippen molar-refractivity contribution in [2.24, 2.45) is 0 Å². The summed E-state index contributed by atoms with van der Waals surface area (Å²) in [5.74, 6) is 0.906. The molecule has 0 heterocycles. The Morgan fingerprint density at radius 1 is 0.733 bits per heavy atom. The molecule has 8 heteroatoms. The van der Waals surface area contributed by atoms with Crippen LogP contribution in [0.1, 0.15) is 11.1 Å². The highest BCUT2D eigenvalue weighted by Crippen LogP contribution is 2.17. The molecule has 0 saturated heterocycles. The fourth-order valence-electron chi connectivity index (χ4n) is 2.57. The van der Waals surface area contributed by atoms with E-state index in [2.05, 4.69) is 10.6 Å². The number of hydrogen-bond acceptors (Lipinski definition) is 8. The first-order chi connectivity index (χ1) is 14.6. The molecule has 0 radical (unpaired) electrons. The minimum absolute atomic E-state index is 0.0827. The van der Waals surface area contributed by atoms with Crippen molar-refractivity contribution in [3.8, 4) is 23.6 Å². The molecule has 2 aromatic rings. The van der Waals surface area contributed by atoms with Crippen LogP contribution in [0.2, 0.25) is 0 Å². The smallest absolute Gasteiger partial charge is 0.137 e. The number of nitrogens with one attached hydrogen (secondary N) is 2. The summed E-state index contributed by atoms with van der Waals surface area (Å²) in [7, 11) is 0. The Morgan fingerprint density at radius 3 is 1.53 bits per heavy atom. The Bertz CT molecular complexity index is 791. The molecule has 8 nitrogen and oxygen atoms in total. The minimum atomic E-state index is -0.712. The van der Waals surface area contributed by atoms with Crippen LogP contribution in [-0.4, -0.2) is 61.8 Å². The highest BCUT2D eigenvalue weighted by molar-refractivity contribution is 5.43. The summed E-state index contributed by atoms with van der Waals surface area (Å²) in [6.07, 6.45) is -1.42. The summed E-state index contributed by atoms with van der Waals surface area (Å²) < 4.78 is 11.0. The number of aliphatic hydroxyl groups excluding tert-OH is 2. The molecule has 0 aliphatic heterocycles. The first-order valence-electron chi connectivity index (χ1n) is 9.65. The fraction of sp³-hybridized carbons (Fsp3) is 0.364. The molecule has 2 aromatic carbocycles. The van der Waals surface area contributed by atoms with Gasteiger partial charge in [0.05, 0.1) is 11.1 Å². The van der Waals surface area contributed by atoms with Crippen LogP contribution < -0.4 is 20.1 Å². The first kappa shape index (κ1) is 23.1. The summed E-state index contributed by atoms with van der Waals surface area (Å²) >= 11 is 0. The maximum Gasteiger partial charge on any atom is 0.137 e. The van der Waals surface area contributed by atoms with E-state index in [1.54, 1.807) is 48.5 Å². The number of nitrogens with zero attached hydrogens (tertiary/aromatic N) is 2. The normalized spacial score (nSPS) is 12.4. The molecular formula is C22H26N4O4. The number of aliphatic hydroxyl groups is 2. The molecule has 158 valence electrons. The summed E-state index contributed by atoms with van der Waals surface area (Å²) in [6.45, 7) is 2.03. The summed E-state index contributed by atoms with van der Waals surface area (Å²) in [6, 6.07) is 17.8. The summed E-state index contributed by atoms with van der Waals surface area (Å²) in [5.41, 5.74) is 0.862. The van der Waals surface area contributed by atoms with Gasteiger partial charge in [-0.1, -0.05) is 24.3 Å². The zero-order valence-electron chi connectivity index (χ0n) is 16.6. The van der Waals surface area contributed by atoms with E-state index in [9.17, 15) is 10.2 Å². The van der Waals surface area contributed by atoms with E-state index in [0.717, 1.165) is 0 Å². The molecule has 2 rings (SSSR count). The third-order valence-corrected chi connectivity index (χ3v) is 4.12. The standard InChI is InChI=1S/C22H26N4O4/c23-11-17-5-1-3-7-21(17)29-15-19(27)13-25-9-10-26-14-20(28)16-30-22-8-4-2-6-18(22)12-24/h1-8,19-20,25-28H,9-10,13-16H2. The second-order valence-corrected chi connectivity index (χ2v) is 6.55. The minimum Gasteiger partial charge on any atom is -0.489 e. The van der Waals surface area contributed by atoms with Gasteiger partial charge in [0, 0.05) is 26.2 Å². The third kappa shape index (κ3) is 8.08. The zero-order chi connectivity index (χ0) is 21.6. The lowest BCUT2D eigenvalue weighted by Gasteiger charge is -2.15. The molecule has 0 aliphatic rings. The predicted molar refractivity (Wildman–Crippen MR) is 111 cm³/mol. The van der Waals surface area contributed by atoms with Crippen LogP contribution in [0.3, 0.4) is 0 Å². The van der Waals surface area contributed by atoms with Crippen LogP contribution in [-0.2, 0) is 0 Å². The van der Waals surface area contributed by atoms with Gasteiger partial charge in [0.1, 0.15) is 49.1 Å². The fourth-order valence-corrected chi connectivity index (χ4v) is 2.57. The van der Waals surface area contributed by atoms with Crippen molar-refractivity contribution in [1.29, 1.82) is 10.5 Å². The van der Waals surface area contributed by atoms with Crippen LogP contribution in [0.25, 0.3) is 0 Å². The van der Waals surface area contributed by atoms with Crippen LogP contribution in [0.15, 0.2) is 48.5 Å². The molecule has 0 spiro atoms. The summed E-state index contributed by atoms with van der Waals surface area (Å²) in [4.78, 5) is 0. The number of rotatable bonds is 13. The quantitative estimate of drug-likeness (QED) is 0.357. The van der Waals surface area contributed by atoms with Gasteiger partial charge in [0.2, 0.25) is 0 Å². The Morgan fingerprint density at radius 2 is 1.13 bits per heavy atom. The third-order valence-electron chi connectivity index (χ3n) is 4.12. The van der Waals surface area contributed by atoms with E-state index >= 15 is 0 Å². The number of benzene rings is 2. The Labute approximate surface area is 176 Å². The van der Waals surface area contributed by atoms with Crippen molar-refractivity contribution in [2.45, 2.75) is 12.2 Å². The molecule has 4 N–H and O–H groups in total. The molecule has 0 bridgehead atoms. The molecule has 2 unspecified atom stereocenters. The van der Waals surface area contributed by atoms with Crippen LogP contribution in [0.4, 0.5) is 0 Å². The first-order valence-corrected chi connectivity index (χ1v) is 9.65. The number of hydrogen-bond donors (Lipinski definition) is 4. The molecule has 0 amide bonds. The largest absolute Gasteiger partial charge is 0.489 e. The second kappa shape index (κ2) is 13.2. The van der Waals surface area contributed by atoms with Gasteiger partial charge < -0.3 is 30.3 Å². The zero-order valence-corrected chi connectivity index (χ0v) is 16.6. The number of ether oxygens (including phenoxy) is 2. The number of nitriles is 2. The summed E-state index contributed by atoms with van der Waals surface area (Å²) in [5, 5.41) is 44.1. The average molecular weight is 410 g/mol. The van der Waals surface area contributed by atoms with Crippen LogP contribution in [0.5, 0.6) is 11.5 Å². The van der Waals surface area contributed by atoms with Crippen molar-refractivity contribution in [3.63, 3.8) is 0 Å². The van der Waals surface area contributed by atoms with Crippen LogP contribution >= 0.6 is 0 Å². The lowest BCUT2D eigenvalue weighted by atomic mass is 10.2. The highest BCUT2D eigenvalue weighted by Gasteiger charge is 2.09. The van der Waals surface area contributed by atoms with Crippen molar-refractivity contribution < 1.29 is 19.7 Å². The van der Waals surface area contributed by atoms with E-state index in [4.69, 9.17) is 20.0 Å². The second-order valence-electron chi connectivity index (χ2n) is 6.55. The lowest BCUT2D eigenvalue weighted by molar-refractivity contribution is 0.103. The van der Waals surface area contributed by atoms with E-state index in [0.29, 0.717) is 48.8 Å². The van der Waals surface area contributed by atoms with Gasteiger partial charge in [-0.15, -0.1) is 0 Å². The van der Waals surface area contributed by atoms with E-state index in [-0.39, 0.29) is 13.2 Å². The van der Waals surface area contributed by atoms with E-state index in [1.807, 2.05) is 12.1 Å². The number of para-hydroxylation sites is 2. The van der Waals surface area contributed by atoms with E-state index in [1.165, 1.54) is 0 Å². The highest BCUT2D eigenvalue weighted by atomic mass is 16.5. The Balaban J connectivity index is 1.53.